The summed E-state index contributed by atoms with van der Waals surface area (Å²) < 4.78 is 13.2. The first kappa shape index (κ1) is 19.2. The predicted octanol–water partition coefficient (Wildman–Crippen LogP) is 5.27. The molecule has 0 radical (unpaired) electrons. The molecule has 0 spiro atoms. The van der Waals surface area contributed by atoms with Crippen LogP contribution < -0.4 is 4.74 Å². The van der Waals surface area contributed by atoms with Gasteiger partial charge >= 0.3 is 5.97 Å². The number of carbonyl (C=O) groups is 2. The SMILES string of the molecule is CCOC(=O)c1cc(C(=O)c2ccc(Br)cc2)n2c1ccc1cc(OC)ccc12. The van der Waals surface area contributed by atoms with E-state index in [0.717, 1.165) is 21.1 Å². The standard InChI is InChI=1S/C23H18BrNO4/c1-3-29-23(27)18-13-21(22(26)14-4-7-16(24)8-5-14)25-19-11-9-17(28-2)12-15(19)6-10-20(18)25/h4-13H,3H2,1-2H3. The third kappa shape index (κ3) is 3.40. The Morgan fingerprint density at radius 1 is 0.966 bits per heavy atom. The van der Waals surface area contributed by atoms with E-state index in [1.54, 1.807) is 32.2 Å². The minimum absolute atomic E-state index is 0.175. The van der Waals surface area contributed by atoms with Gasteiger partial charge in [-0.15, -0.1) is 0 Å². The molecule has 0 aliphatic rings. The van der Waals surface area contributed by atoms with Crippen molar-refractivity contribution < 1.29 is 19.1 Å². The molecule has 5 nitrogen and oxygen atoms in total. The van der Waals surface area contributed by atoms with Crippen LogP contribution in [-0.4, -0.2) is 29.9 Å². The first-order valence-electron chi connectivity index (χ1n) is 9.13. The highest BCUT2D eigenvalue weighted by Gasteiger charge is 2.22. The Kier molecular flexibility index (Phi) is 5.11. The van der Waals surface area contributed by atoms with Crippen LogP contribution in [0.3, 0.4) is 0 Å². The Morgan fingerprint density at radius 2 is 1.69 bits per heavy atom. The molecular weight excluding hydrogens is 434 g/mol. The number of hydrogen-bond acceptors (Lipinski definition) is 4. The molecule has 29 heavy (non-hydrogen) atoms. The highest BCUT2D eigenvalue weighted by molar-refractivity contribution is 9.10. The van der Waals surface area contributed by atoms with Crippen LogP contribution in [-0.2, 0) is 4.74 Å². The lowest BCUT2D eigenvalue weighted by atomic mass is 10.1. The zero-order valence-corrected chi connectivity index (χ0v) is 17.5. The first-order valence-corrected chi connectivity index (χ1v) is 9.92. The summed E-state index contributed by atoms with van der Waals surface area (Å²) >= 11 is 3.39. The fourth-order valence-electron chi connectivity index (χ4n) is 3.40. The van der Waals surface area contributed by atoms with Crippen LogP contribution in [0.2, 0.25) is 0 Å². The van der Waals surface area contributed by atoms with Gasteiger partial charge in [0.1, 0.15) is 5.75 Å². The molecule has 0 N–H and O–H groups in total. The summed E-state index contributed by atoms with van der Waals surface area (Å²) in [6, 6.07) is 18.1. The Bertz CT molecular complexity index is 1240. The van der Waals surface area contributed by atoms with E-state index in [9.17, 15) is 9.59 Å². The molecule has 146 valence electrons. The molecule has 0 bridgehead atoms. The molecule has 2 heterocycles. The number of nitrogens with zero attached hydrogens (tertiary/aromatic N) is 1. The van der Waals surface area contributed by atoms with Crippen LogP contribution in [0.15, 0.2) is 65.1 Å². The molecule has 0 amide bonds. The maximum atomic E-state index is 13.3. The summed E-state index contributed by atoms with van der Waals surface area (Å²) in [5, 5.41) is 0.896. The third-order valence-corrected chi connectivity index (χ3v) is 5.30. The van der Waals surface area contributed by atoms with Gasteiger partial charge in [-0.1, -0.05) is 22.0 Å². The van der Waals surface area contributed by atoms with Crippen molar-refractivity contribution in [2.45, 2.75) is 6.92 Å². The van der Waals surface area contributed by atoms with Gasteiger partial charge in [-0.2, -0.15) is 0 Å². The Labute approximate surface area is 176 Å². The van der Waals surface area contributed by atoms with Gasteiger partial charge in [-0.25, -0.2) is 4.79 Å². The van der Waals surface area contributed by atoms with Crippen molar-refractivity contribution in [1.82, 2.24) is 4.40 Å². The predicted molar refractivity (Wildman–Crippen MR) is 115 cm³/mol. The van der Waals surface area contributed by atoms with Crippen LogP contribution >= 0.6 is 15.9 Å². The van der Waals surface area contributed by atoms with E-state index < -0.39 is 5.97 Å². The summed E-state index contributed by atoms with van der Waals surface area (Å²) in [6.07, 6.45) is 0. The van der Waals surface area contributed by atoms with Crippen LogP contribution in [0.4, 0.5) is 0 Å². The van der Waals surface area contributed by atoms with Crippen molar-refractivity contribution in [2.24, 2.45) is 0 Å². The van der Waals surface area contributed by atoms with Gasteiger partial charge < -0.3 is 13.9 Å². The smallest absolute Gasteiger partial charge is 0.340 e. The van der Waals surface area contributed by atoms with Gasteiger partial charge in [-0.05, 0) is 61.5 Å². The van der Waals surface area contributed by atoms with Crippen molar-refractivity contribution in [1.29, 1.82) is 0 Å². The Morgan fingerprint density at radius 3 is 2.38 bits per heavy atom. The molecule has 0 unspecified atom stereocenters. The van der Waals surface area contributed by atoms with E-state index >= 15 is 0 Å². The van der Waals surface area contributed by atoms with Crippen LogP contribution in [0.25, 0.3) is 16.4 Å². The number of halogens is 1. The molecule has 4 rings (SSSR count). The normalized spacial score (nSPS) is 11.0. The summed E-state index contributed by atoms with van der Waals surface area (Å²) in [6.45, 7) is 2.02. The summed E-state index contributed by atoms with van der Waals surface area (Å²) in [7, 11) is 1.61. The summed E-state index contributed by atoms with van der Waals surface area (Å²) in [5.74, 6) is 0.0921. The monoisotopic (exact) mass is 451 g/mol. The van der Waals surface area contributed by atoms with Crippen molar-refractivity contribution in [3.63, 3.8) is 0 Å². The number of benzene rings is 2. The maximum Gasteiger partial charge on any atom is 0.340 e. The highest BCUT2D eigenvalue weighted by Crippen LogP contribution is 2.28. The molecule has 0 aliphatic heterocycles. The molecule has 0 saturated heterocycles. The zero-order valence-electron chi connectivity index (χ0n) is 15.9. The van der Waals surface area contributed by atoms with E-state index in [-0.39, 0.29) is 12.4 Å². The van der Waals surface area contributed by atoms with Gasteiger partial charge in [0.2, 0.25) is 5.78 Å². The lowest BCUT2D eigenvalue weighted by Crippen LogP contribution is -2.05. The lowest BCUT2D eigenvalue weighted by Gasteiger charge is -2.09. The van der Waals surface area contributed by atoms with Crippen molar-refractivity contribution in [3.8, 4) is 5.75 Å². The van der Waals surface area contributed by atoms with E-state index in [0.29, 0.717) is 22.3 Å². The quantitative estimate of drug-likeness (QED) is 0.306. The Balaban J connectivity index is 2.00. The van der Waals surface area contributed by atoms with Crippen molar-refractivity contribution in [2.75, 3.05) is 13.7 Å². The van der Waals surface area contributed by atoms with Crippen LogP contribution in [0, 0.1) is 0 Å². The first-order chi connectivity index (χ1) is 14.0. The molecule has 0 aliphatic carbocycles. The molecule has 0 saturated carbocycles. The molecule has 0 atom stereocenters. The minimum Gasteiger partial charge on any atom is -0.497 e. The van der Waals surface area contributed by atoms with E-state index in [2.05, 4.69) is 15.9 Å². The second-order valence-corrected chi connectivity index (χ2v) is 7.39. The number of pyridine rings is 1. The number of methoxy groups -OCH3 is 1. The molecular formula is C23H18BrNO4. The minimum atomic E-state index is -0.451. The van der Waals surface area contributed by atoms with Crippen LogP contribution in [0.5, 0.6) is 5.75 Å². The van der Waals surface area contributed by atoms with Crippen molar-refractivity contribution in [3.05, 3.63) is 82.0 Å². The second kappa shape index (κ2) is 7.72. The number of ketones is 1. The topological polar surface area (TPSA) is 57.0 Å². The number of rotatable bonds is 5. The summed E-state index contributed by atoms with van der Waals surface area (Å²) in [5.41, 5.74) is 2.74. The number of ether oxygens (including phenoxy) is 2. The maximum absolute atomic E-state index is 13.3. The third-order valence-electron chi connectivity index (χ3n) is 4.77. The molecule has 2 aromatic heterocycles. The number of fused-ring (bicyclic) bond motifs is 3. The zero-order chi connectivity index (χ0) is 20.5. The van der Waals surface area contributed by atoms with Gasteiger partial charge in [0, 0.05) is 15.4 Å². The largest absolute Gasteiger partial charge is 0.497 e. The lowest BCUT2D eigenvalue weighted by molar-refractivity contribution is 0.0529. The molecule has 2 aromatic carbocycles. The fraction of sp³-hybridized carbons (Fsp3) is 0.130. The number of carbonyl (C=O) groups excluding carboxylic acids is 2. The average molecular weight is 452 g/mol. The molecule has 4 aromatic rings. The van der Waals surface area contributed by atoms with E-state index in [1.807, 2.05) is 46.9 Å². The van der Waals surface area contributed by atoms with Gasteiger partial charge in [0.05, 0.1) is 36.0 Å². The fourth-order valence-corrected chi connectivity index (χ4v) is 3.67. The average Bonchev–Trinajstić information content (AvgIpc) is 3.13. The number of esters is 1. The van der Waals surface area contributed by atoms with Crippen LogP contribution in [0.1, 0.15) is 33.3 Å². The second-order valence-electron chi connectivity index (χ2n) is 6.48. The number of aromatic nitrogens is 1. The molecule has 0 fully saturated rings. The van der Waals surface area contributed by atoms with E-state index in [4.69, 9.17) is 9.47 Å². The molecule has 6 heteroatoms. The van der Waals surface area contributed by atoms with Gasteiger partial charge in [-0.3, -0.25) is 4.79 Å². The van der Waals surface area contributed by atoms with E-state index in [1.165, 1.54) is 0 Å². The summed E-state index contributed by atoms with van der Waals surface area (Å²) in [4.78, 5) is 25.9. The Hall–Kier alpha value is -3.12. The van der Waals surface area contributed by atoms with Gasteiger partial charge in [0.15, 0.2) is 0 Å². The van der Waals surface area contributed by atoms with Crippen molar-refractivity contribution >= 4 is 44.1 Å². The highest BCUT2D eigenvalue weighted by atomic mass is 79.9. The van der Waals surface area contributed by atoms with Gasteiger partial charge in [0.25, 0.3) is 0 Å². The number of hydrogen-bond donors (Lipinski definition) is 0.